The molecule has 0 bridgehead atoms. The number of halogens is 1. The Kier molecular flexibility index (Phi) is 7.35. The van der Waals surface area contributed by atoms with Crippen LogP contribution >= 0.6 is 34.7 Å². The van der Waals surface area contributed by atoms with Crippen LogP contribution in [-0.2, 0) is 20.1 Å². The van der Waals surface area contributed by atoms with E-state index in [1.807, 2.05) is 45.0 Å². The number of aryl methyl sites for hydroxylation is 3. The summed E-state index contributed by atoms with van der Waals surface area (Å²) in [5.41, 5.74) is 3.89. The highest BCUT2D eigenvalue weighted by molar-refractivity contribution is 7.99. The van der Waals surface area contributed by atoms with E-state index in [-0.39, 0.29) is 18.3 Å². The van der Waals surface area contributed by atoms with E-state index >= 15 is 0 Å². The van der Waals surface area contributed by atoms with Crippen molar-refractivity contribution < 1.29 is 14.3 Å². The average Bonchev–Trinajstić information content (AvgIpc) is 2.94. The first-order chi connectivity index (χ1) is 11.8. The van der Waals surface area contributed by atoms with Gasteiger partial charge >= 0.3 is 5.97 Å². The second-order valence-electron chi connectivity index (χ2n) is 5.68. The van der Waals surface area contributed by atoms with Crippen LogP contribution in [0.2, 0.25) is 4.34 Å². The molecule has 7 heteroatoms. The maximum absolute atomic E-state index is 12.0. The minimum absolute atomic E-state index is 0.200. The fourth-order valence-corrected chi connectivity index (χ4v) is 4.42. The SMILES string of the molecule is Cc1cc(C)c(NC(=O)COC(=O)CSCc2ccc(Cl)s2)c(C)c1. The molecule has 1 N–H and O–H groups in total. The number of thioether (sulfide) groups is 1. The standard InChI is InChI=1S/C18H20ClNO3S2/c1-11-6-12(2)18(13(3)7-11)20-16(21)8-23-17(22)10-24-9-14-4-5-15(19)25-14/h4-7H,8-10H2,1-3H3,(H,20,21). The van der Waals surface area contributed by atoms with Crippen LogP contribution in [0.15, 0.2) is 24.3 Å². The molecule has 0 fully saturated rings. The first-order valence-corrected chi connectivity index (χ1v) is 10.1. The number of hydrogen-bond donors (Lipinski definition) is 1. The van der Waals surface area contributed by atoms with Crippen molar-refractivity contribution in [3.05, 3.63) is 50.2 Å². The lowest BCUT2D eigenvalue weighted by Gasteiger charge is -2.13. The van der Waals surface area contributed by atoms with Crippen LogP contribution in [-0.4, -0.2) is 24.2 Å². The summed E-state index contributed by atoms with van der Waals surface area (Å²) in [7, 11) is 0. The third-order valence-electron chi connectivity index (χ3n) is 3.40. The summed E-state index contributed by atoms with van der Waals surface area (Å²) in [6.45, 7) is 5.61. The Balaban J connectivity index is 1.73. The van der Waals surface area contributed by atoms with Gasteiger partial charge in [-0.2, -0.15) is 0 Å². The quantitative estimate of drug-likeness (QED) is 0.685. The van der Waals surface area contributed by atoms with Gasteiger partial charge in [0.15, 0.2) is 6.61 Å². The van der Waals surface area contributed by atoms with Crippen LogP contribution in [0, 0.1) is 20.8 Å². The monoisotopic (exact) mass is 397 g/mol. The number of rotatable bonds is 7. The van der Waals surface area contributed by atoms with E-state index in [1.165, 1.54) is 23.1 Å². The normalized spacial score (nSPS) is 10.6. The second kappa shape index (κ2) is 9.27. The van der Waals surface area contributed by atoms with Gasteiger partial charge in [-0.15, -0.1) is 23.1 Å². The van der Waals surface area contributed by atoms with Crippen LogP contribution in [0.5, 0.6) is 0 Å². The van der Waals surface area contributed by atoms with E-state index < -0.39 is 5.97 Å². The van der Waals surface area contributed by atoms with E-state index in [9.17, 15) is 9.59 Å². The van der Waals surface area contributed by atoms with E-state index in [0.29, 0.717) is 5.75 Å². The minimum atomic E-state index is -0.403. The summed E-state index contributed by atoms with van der Waals surface area (Å²) in [6, 6.07) is 7.77. The van der Waals surface area contributed by atoms with E-state index in [4.69, 9.17) is 16.3 Å². The molecule has 0 aliphatic carbocycles. The molecular weight excluding hydrogens is 378 g/mol. The maximum atomic E-state index is 12.0. The van der Waals surface area contributed by atoms with E-state index in [0.717, 1.165) is 31.6 Å². The van der Waals surface area contributed by atoms with Crippen LogP contribution < -0.4 is 5.32 Å². The van der Waals surface area contributed by atoms with Crippen LogP contribution in [0.1, 0.15) is 21.6 Å². The van der Waals surface area contributed by atoms with Crippen LogP contribution in [0.3, 0.4) is 0 Å². The third-order valence-corrected chi connectivity index (χ3v) is 5.77. The molecule has 2 rings (SSSR count). The first kappa shape index (κ1) is 19.8. The molecular formula is C18H20ClNO3S2. The molecule has 0 saturated carbocycles. The van der Waals surface area contributed by atoms with Crippen molar-refractivity contribution in [2.24, 2.45) is 0 Å². The molecule has 0 unspecified atom stereocenters. The zero-order valence-corrected chi connectivity index (χ0v) is 16.7. The Hall–Kier alpha value is -1.50. The van der Waals surface area contributed by atoms with Crippen molar-refractivity contribution in [1.82, 2.24) is 0 Å². The molecule has 0 saturated heterocycles. The number of esters is 1. The lowest BCUT2D eigenvalue weighted by molar-refractivity contribution is -0.144. The summed E-state index contributed by atoms with van der Waals surface area (Å²) in [5, 5.41) is 2.81. The van der Waals surface area contributed by atoms with Gasteiger partial charge in [0, 0.05) is 16.3 Å². The van der Waals surface area contributed by atoms with Gasteiger partial charge < -0.3 is 10.1 Å². The van der Waals surface area contributed by atoms with Crippen molar-refractivity contribution in [1.29, 1.82) is 0 Å². The summed E-state index contributed by atoms with van der Waals surface area (Å²) >= 11 is 8.78. The largest absolute Gasteiger partial charge is 0.455 e. The second-order valence-corrected chi connectivity index (χ2v) is 8.47. The Bertz CT molecular complexity index is 750. The lowest BCUT2D eigenvalue weighted by Crippen LogP contribution is -2.22. The number of ether oxygens (including phenoxy) is 1. The van der Waals surface area contributed by atoms with Crippen molar-refractivity contribution in [3.63, 3.8) is 0 Å². The zero-order chi connectivity index (χ0) is 18.4. The van der Waals surface area contributed by atoms with Gasteiger partial charge in [-0.25, -0.2) is 0 Å². The minimum Gasteiger partial charge on any atom is -0.455 e. The molecule has 0 atom stereocenters. The number of amides is 1. The highest BCUT2D eigenvalue weighted by Crippen LogP contribution is 2.25. The van der Waals surface area contributed by atoms with Crippen molar-refractivity contribution in [2.45, 2.75) is 26.5 Å². The fourth-order valence-electron chi connectivity index (χ4n) is 2.40. The predicted molar refractivity (Wildman–Crippen MR) is 106 cm³/mol. The Labute approximate surface area is 160 Å². The van der Waals surface area contributed by atoms with Gasteiger partial charge in [0.25, 0.3) is 5.91 Å². The van der Waals surface area contributed by atoms with Gasteiger partial charge in [0.2, 0.25) is 0 Å². The molecule has 25 heavy (non-hydrogen) atoms. The Morgan fingerprint density at radius 1 is 1.20 bits per heavy atom. The molecule has 0 radical (unpaired) electrons. The highest BCUT2D eigenvalue weighted by Gasteiger charge is 2.11. The first-order valence-electron chi connectivity index (χ1n) is 7.70. The molecule has 1 aromatic carbocycles. The third kappa shape index (κ3) is 6.38. The highest BCUT2D eigenvalue weighted by atomic mass is 35.5. The average molecular weight is 398 g/mol. The molecule has 134 valence electrons. The van der Waals surface area contributed by atoms with Crippen LogP contribution in [0.25, 0.3) is 0 Å². The van der Waals surface area contributed by atoms with E-state index in [2.05, 4.69) is 5.32 Å². The van der Waals surface area contributed by atoms with Crippen molar-refractivity contribution in [3.8, 4) is 0 Å². The van der Waals surface area contributed by atoms with Gasteiger partial charge in [-0.3, -0.25) is 9.59 Å². The number of carbonyl (C=O) groups excluding carboxylic acids is 2. The number of benzene rings is 1. The molecule has 0 aliphatic rings. The van der Waals surface area contributed by atoms with Crippen LogP contribution in [0.4, 0.5) is 5.69 Å². The molecule has 2 aromatic rings. The van der Waals surface area contributed by atoms with E-state index in [1.54, 1.807) is 0 Å². The summed E-state index contributed by atoms with van der Waals surface area (Å²) in [5.74, 6) is 0.157. The van der Waals surface area contributed by atoms with Gasteiger partial charge in [-0.05, 0) is 44.0 Å². The summed E-state index contributed by atoms with van der Waals surface area (Å²) < 4.78 is 5.76. The maximum Gasteiger partial charge on any atom is 0.316 e. The molecule has 0 spiro atoms. The van der Waals surface area contributed by atoms with Gasteiger partial charge in [0.1, 0.15) is 0 Å². The number of thiophene rings is 1. The number of carbonyl (C=O) groups is 2. The van der Waals surface area contributed by atoms with Crippen molar-refractivity contribution >= 4 is 52.3 Å². The summed E-state index contributed by atoms with van der Waals surface area (Å²) in [4.78, 5) is 24.8. The summed E-state index contributed by atoms with van der Waals surface area (Å²) in [6.07, 6.45) is 0. The molecule has 4 nitrogen and oxygen atoms in total. The number of hydrogen-bond acceptors (Lipinski definition) is 5. The number of anilines is 1. The topological polar surface area (TPSA) is 55.4 Å². The predicted octanol–water partition coefficient (Wildman–Crippen LogP) is 4.74. The lowest BCUT2D eigenvalue weighted by atomic mass is 10.1. The van der Waals surface area contributed by atoms with Crippen molar-refractivity contribution in [2.75, 3.05) is 17.7 Å². The Morgan fingerprint density at radius 2 is 1.88 bits per heavy atom. The Morgan fingerprint density at radius 3 is 2.48 bits per heavy atom. The number of nitrogens with one attached hydrogen (secondary N) is 1. The zero-order valence-electron chi connectivity index (χ0n) is 14.3. The molecule has 1 amide bonds. The van der Waals surface area contributed by atoms with Gasteiger partial charge in [0.05, 0.1) is 10.1 Å². The molecule has 0 aliphatic heterocycles. The smallest absolute Gasteiger partial charge is 0.316 e. The fraction of sp³-hybridized carbons (Fsp3) is 0.333. The van der Waals surface area contributed by atoms with Gasteiger partial charge in [-0.1, -0.05) is 29.3 Å². The molecule has 1 aromatic heterocycles. The molecule has 1 heterocycles.